The number of hydrogen-bond donors (Lipinski definition) is 1. The van der Waals surface area contributed by atoms with E-state index in [0.29, 0.717) is 23.7 Å². The molecule has 3 rings (SSSR count). The Morgan fingerprint density at radius 1 is 1.35 bits per heavy atom. The number of nitrogens with zero attached hydrogens (tertiary/aromatic N) is 3. The van der Waals surface area contributed by atoms with Gasteiger partial charge in [0.15, 0.2) is 26.3 Å². The topological polar surface area (TPSA) is 92.0 Å². The third kappa shape index (κ3) is 2.27. The molecule has 20 heavy (non-hydrogen) atoms. The Bertz CT molecular complexity index is 762. The van der Waals surface area contributed by atoms with Crippen molar-refractivity contribution in [3.8, 4) is 0 Å². The number of imidazole rings is 1. The van der Waals surface area contributed by atoms with Crippen LogP contribution in [0.25, 0.3) is 4.96 Å². The zero-order chi connectivity index (χ0) is 14.3. The van der Waals surface area contributed by atoms with E-state index >= 15 is 0 Å². The predicted molar refractivity (Wildman–Crippen MR) is 75.5 cm³/mol. The average molecular weight is 315 g/mol. The number of carboxylic acid groups (broad SMARTS) is 1. The van der Waals surface area contributed by atoms with Crippen LogP contribution in [0.15, 0.2) is 11.6 Å². The van der Waals surface area contributed by atoms with Crippen LogP contribution in [0.3, 0.4) is 0 Å². The molecule has 0 aliphatic carbocycles. The summed E-state index contributed by atoms with van der Waals surface area (Å²) in [7, 11) is -3.03. The quantitative estimate of drug-likeness (QED) is 0.878. The Kier molecular flexibility index (Phi) is 3.17. The van der Waals surface area contributed by atoms with E-state index in [0.717, 1.165) is 0 Å². The van der Waals surface area contributed by atoms with Crippen LogP contribution >= 0.6 is 11.3 Å². The fourth-order valence-corrected chi connectivity index (χ4v) is 4.32. The standard InChI is InChI=1S/C11H13N3O4S2/c15-10(16)8-9(12-11-14(8)3-5-19-11)13-2-1-6-20(17,18)7-4-13/h3,5H,1-2,4,6-7H2,(H,15,16). The van der Waals surface area contributed by atoms with Gasteiger partial charge in [-0.3, -0.25) is 4.40 Å². The number of aromatic carboxylic acids is 1. The van der Waals surface area contributed by atoms with Gasteiger partial charge in [-0.15, -0.1) is 11.3 Å². The van der Waals surface area contributed by atoms with Crippen molar-refractivity contribution >= 4 is 37.9 Å². The number of aromatic nitrogens is 2. The van der Waals surface area contributed by atoms with Crippen LogP contribution in [0, 0.1) is 0 Å². The maximum Gasteiger partial charge on any atom is 0.356 e. The van der Waals surface area contributed by atoms with Gasteiger partial charge in [0.25, 0.3) is 0 Å². The maximum absolute atomic E-state index is 11.6. The van der Waals surface area contributed by atoms with Crippen molar-refractivity contribution in [1.29, 1.82) is 0 Å². The van der Waals surface area contributed by atoms with Crippen LogP contribution in [0.2, 0.25) is 0 Å². The molecular formula is C11H13N3O4S2. The molecule has 1 aliphatic rings. The molecule has 1 fully saturated rings. The molecule has 0 aromatic carbocycles. The largest absolute Gasteiger partial charge is 0.476 e. The molecule has 0 spiro atoms. The van der Waals surface area contributed by atoms with E-state index in [1.807, 2.05) is 0 Å². The number of carboxylic acids is 1. The van der Waals surface area contributed by atoms with Gasteiger partial charge in [-0.2, -0.15) is 0 Å². The summed E-state index contributed by atoms with van der Waals surface area (Å²) in [5.41, 5.74) is 0.0977. The monoisotopic (exact) mass is 315 g/mol. The Balaban J connectivity index is 2.03. The molecule has 0 saturated carbocycles. The predicted octanol–water partition coefficient (Wildman–Crippen LogP) is 0.719. The maximum atomic E-state index is 11.6. The molecule has 7 nitrogen and oxygen atoms in total. The molecule has 1 saturated heterocycles. The van der Waals surface area contributed by atoms with Crippen molar-refractivity contribution in [2.45, 2.75) is 6.42 Å². The molecule has 0 atom stereocenters. The number of carbonyl (C=O) groups is 1. The Morgan fingerprint density at radius 3 is 2.90 bits per heavy atom. The number of sulfone groups is 1. The first-order valence-electron chi connectivity index (χ1n) is 6.12. The Morgan fingerprint density at radius 2 is 2.15 bits per heavy atom. The second kappa shape index (κ2) is 4.74. The number of anilines is 1. The van der Waals surface area contributed by atoms with Gasteiger partial charge in [0.1, 0.15) is 0 Å². The van der Waals surface area contributed by atoms with Crippen molar-refractivity contribution in [2.24, 2.45) is 0 Å². The molecule has 0 amide bonds. The second-order valence-corrected chi connectivity index (χ2v) is 7.81. The lowest BCUT2D eigenvalue weighted by molar-refractivity contribution is 0.0690. The number of hydrogen-bond acceptors (Lipinski definition) is 6. The normalized spacial score (nSPS) is 19.1. The molecule has 3 heterocycles. The smallest absolute Gasteiger partial charge is 0.356 e. The highest BCUT2D eigenvalue weighted by molar-refractivity contribution is 7.91. The zero-order valence-electron chi connectivity index (χ0n) is 10.5. The Labute approximate surface area is 119 Å². The van der Waals surface area contributed by atoms with Crippen molar-refractivity contribution in [1.82, 2.24) is 9.38 Å². The molecule has 1 N–H and O–H groups in total. The minimum atomic E-state index is -3.03. The molecule has 2 aromatic rings. The number of thiazole rings is 1. The lowest BCUT2D eigenvalue weighted by Crippen LogP contribution is -2.28. The van der Waals surface area contributed by atoms with Gasteiger partial charge < -0.3 is 10.0 Å². The molecule has 0 bridgehead atoms. The lowest BCUT2D eigenvalue weighted by atomic mass is 10.3. The first-order valence-corrected chi connectivity index (χ1v) is 8.82. The zero-order valence-corrected chi connectivity index (χ0v) is 12.2. The van der Waals surface area contributed by atoms with Crippen molar-refractivity contribution < 1.29 is 18.3 Å². The third-order valence-electron chi connectivity index (χ3n) is 3.30. The van der Waals surface area contributed by atoms with Gasteiger partial charge in [-0.25, -0.2) is 18.2 Å². The van der Waals surface area contributed by atoms with Crippen LogP contribution in [-0.2, 0) is 9.84 Å². The summed E-state index contributed by atoms with van der Waals surface area (Å²) in [6.07, 6.45) is 2.15. The first-order chi connectivity index (χ1) is 9.48. The summed E-state index contributed by atoms with van der Waals surface area (Å²) < 4.78 is 24.8. The van der Waals surface area contributed by atoms with E-state index in [1.165, 1.54) is 15.7 Å². The van der Waals surface area contributed by atoms with Gasteiger partial charge >= 0.3 is 5.97 Å². The summed E-state index contributed by atoms with van der Waals surface area (Å²) in [6.45, 7) is 0.789. The fourth-order valence-electron chi connectivity index (χ4n) is 2.34. The van der Waals surface area contributed by atoms with E-state index in [9.17, 15) is 18.3 Å². The van der Waals surface area contributed by atoms with E-state index in [1.54, 1.807) is 16.5 Å². The summed E-state index contributed by atoms with van der Waals surface area (Å²) in [5, 5.41) is 11.1. The van der Waals surface area contributed by atoms with E-state index in [-0.39, 0.29) is 23.7 Å². The Hall–Kier alpha value is -1.61. The molecule has 0 unspecified atom stereocenters. The molecule has 108 valence electrons. The molecule has 9 heteroatoms. The summed E-state index contributed by atoms with van der Waals surface area (Å²) >= 11 is 1.35. The number of rotatable bonds is 2. The third-order valence-corrected chi connectivity index (χ3v) is 5.77. The van der Waals surface area contributed by atoms with Crippen molar-refractivity contribution in [3.05, 3.63) is 17.3 Å². The lowest BCUT2D eigenvalue weighted by Gasteiger charge is -2.19. The van der Waals surface area contributed by atoms with Crippen molar-refractivity contribution in [3.63, 3.8) is 0 Å². The highest BCUT2D eigenvalue weighted by Crippen LogP contribution is 2.25. The van der Waals surface area contributed by atoms with Crippen LogP contribution in [0.5, 0.6) is 0 Å². The number of fused-ring (bicyclic) bond motifs is 1. The second-order valence-electron chi connectivity index (χ2n) is 4.64. The van der Waals surface area contributed by atoms with Gasteiger partial charge in [-0.05, 0) is 6.42 Å². The van der Waals surface area contributed by atoms with Gasteiger partial charge in [-0.1, -0.05) is 0 Å². The van der Waals surface area contributed by atoms with Gasteiger partial charge in [0.2, 0.25) is 0 Å². The highest BCUT2D eigenvalue weighted by Gasteiger charge is 2.27. The minimum absolute atomic E-state index is 0.0389. The van der Waals surface area contributed by atoms with E-state index in [4.69, 9.17) is 0 Å². The van der Waals surface area contributed by atoms with Crippen LogP contribution in [-0.4, -0.2) is 53.5 Å². The summed E-state index contributed by atoms with van der Waals surface area (Å²) in [6, 6.07) is 0. The summed E-state index contributed by atoms with van der Waals surface area (Å²) in [5.74, 6) is -0.509. The molecule has 1 aliphatic heterocycles. The van der Waals surface area contributed by atoms with Crippen LogP contribution < -0.4 is 4.90 Å². The van der Waals surface area contributed by atoms with E-state index < -0.39 is 15.8 Å². The molecule has 2 aromatic heterocycles. The highest BCUT2D eigenvalue weighted by atomic mass is 32.2. The van der Waals surface area contributed by atoms with Crippen molar-refractivity contribution in [2.75, 3.05) is 29.5 Å². The van der Waals surface area contributed by atoms with Crippen LogP contribution in [0.4, 0.5) is 5.82 Å². The molecular weight excluding hydrogens is 302 g/mol. The average Bonchev–Trinajstić information content (AvgIpc) is 2.87. The fraction of sp³-hybridized carbons (Fsp3) is 0.455. The van der Waals surface area contributed by atoms with E-state index in [2.05, 4.69) is 4.98 Å². The van der Waals surface area contributed by atoms with Crippen LogP contribution in [0.1, 0.15) is 16.9 Å². The van der Waals surface area contributed by atoms with Gasteiger partial charge in [0, 0.05) is 24.7 Å². The minimum Gasteiger partial charge on any atom is -0.476 e. The SMILES string of the molecule is O=C(O)c1c(N2CCCS(=O)(=O)CC2)nc2sccn12. The molecule has 0 radical (unpaired) electrons. The summed E-state index contributed by atoms with van der Waals surface area (Å²) in [4.78, 5) is 18.1. The van der Waals surface area contributed by atoms with Gasteiger partial charge in [0.05, 0.1) is 11.5 Å². The first kappa shape index (κ1) is 13.4.